The van der Waals surface area contributed by atoms with Crippen molar-refractivity contribution in [2.24, 2.45) is 0 Å². The van der Waals surface area contributed by atoms with Crippen LogP contribution in [-0.2, 0) is 0 Å². The number of nitrogens with one attached hydrogen (secondary N) is 1. The molecule has 0 bridgehead atoms. The van der Waals surface area contributed by atoms with Crippen LogP contribution >= 0.6 is 0 Å². The highest BCUT2D eigenvalue weighted by atomic mass is 16.1. The van der Waals surface area contributed by atoms with Gasteiger partial charge >= 0.3 is 0 Å². The molecule has 0 saturated heterocycles. The summed E-state index contributed by atoms with van der Waals surface area (Å²) in [4.78, 5) is 12.0. The molecule has 2 aromatic rings. The monoisotopic (exact) mass is 257 g/mol. The summed E-state index contributed by atoms with van der Waals surface area (Å²) >= 11 is 0. The number of hydrogen-bond acceptors (Lipinski definition) is 2. The molecule has 100 valence electrons. The minimum Gasteiger partial charge on any atom is -0.352 e. The number of carbonyl (C=O) groups excluding carboxylic acids is 1. The molecule has 0 aliphatic heterocycles. The van der Waals surface area contributed by atoms with E-state index in [1.807, 2.05) is 45.0 Å². The quantitative estimate of drug-likeness (QED) is 0.915. The first-order valence-corrected chi connectivity index (χ1v) is 6.53. The fourth-order valence-electron chi connectivity index (χ4n) is 1.91. The van der Waals surface area contributed by atoms with Gasteiger partial charge in [0.2, 0.25) is 0 Å². The molecule has 0 radical (unpaired) electrons. The van der Waals surface area contributed by atoms with Crippen molar-refractivity contribution in [1.29, 1.82) is 0 Å². The van der Waals surface area contributed by atoms with Gasteiger partial charge in [0.25, 0.3) is 5.91 Å². The Morgan fingerprint density at radius 3 is 2.58 bits per heavy atom. The van der Waals surface area contributed by atoms with E-state index in [1.165, 1.54) is 5.56 Å². The highest BCUT2D eigenvalue weighted by Gasteiger charge is 2.14. The highest BCUT2D eigenvalue weighted by Crippen LogP contribution is 2.14. The summed E-state index contributed by atoms with van der Waals surface area (Å²) in [5, 5.41) is 7.17. The highest BCUT2D eigenvalue weighted by molar-refractivity contribution is 5.95. The Kier molecular flexibility index (Phi) is 4.00. The number of rotatable bonds is 4. The van der Waals surface area contributed by atoms with Crippen LogP contribution in [0.5, 0.6) is 0 Å². The maximum absolute atomic E-state index is 12.0. The molecule has 0 atom stereocenters. The first-order valence-electron chi connectivity index (χ1n) is 6.53. The van der Waals surface area contributed by atoms with Crippen molar-refractivity contribution in [3.63, 3.8) is 0 Å². The third kappa shape index (κ3) is 2.84. The molecule has 1 aromatic carbocycles. The molecule has 1 amide bonds. The third-order valence-electron chi connectivity index (χ3n) is 3.07. The van der Waals surface area contributed by atoms with Crippen LogP contribution in [0.1, 0.15) is 35.0 Å². The fourth-order valence-corrected chi connectivity index (χ4v) is 1.91. The van der Waals surface area contributed by atoms with Crippen molar-refractivity contribution < 1.29 is 4.79 Å². The Morgan fingerprint density at radius 2 is 1.95 bits per heavy atom. The number of amides is 1. The van der Waals surface area contributed by atoms with Gasteiger partial charge in [-0.05, 0) is 32.4 Å². The molecule has 2 rings (SSSR count). The number of carbonyl (C=O) groups is 1. The van der Waals surface area contributed by atoms with Gasteiger partial charge in [-0.3, -0.25) is 4.79 Å². The molecule has 4 nitrogen and oxygen atoms in total. The van der Waals surface area contributed by atoms with E-state index in [2.05, 4.69) is 10.4 Å². The number of nitrogens with zero attached hydrogens (tertiary/aromatic N) is 2. The predicted molar refractivity (Wildman–Crippen MR) is 75.7 cm³/mol. The molecule has 0 spiro atoms. The average molecular weight is 257 g/mol. The van der Waals surface area contributed by atoms with E-state index in [1.54, 1.807) is 10.9 Å². The molecule has 0 saturated carbocycles. The van der Waals surface area contributed by atoms with E-state index in [0.717, 1.165) is 17.8 Å². The topological polar surface area (TPSA) is 46.9 Å². The van der Waals surface area contributed by atoms with Crippen LogP contribution in [0.25, 0.3) is 5.69 Å². The summed E-state index contributed by atoms with van der Waals surface area (Å²) in [6.07, 6.45) is 2.55. The van der Waals surface area contributed by atoms with Crippen molar-refractivity contribution in [2.45, 2.75) is 27.2 Å². The third-order valence-corrected chi connectivity index (χ3v) is 3.07. The van der Waals surface area contributed by atoms with Gasteiger partial charge in [-0.25, -0.2) is 4.68 Å². The van der Waals surface area contributed by atoms with Gasteiger partial charge in [-0.15, -0.1) is 0 Å². The Labute approximate surface area is 113 Å². The molecule has 0 aliphatic carbocycles. The van der Waals surface area contributed by atoms with Crippen molar-refractivity contribution >= 4 is 5.91 Å². The van der Waals surface area contributed by atoms with Crippen LogP contribution in [0.15, 0.2) is 30.5 Å². The zero-order valence-corrected chi connectivity index (χ0v) is 11.6. The van der Waals surface area contributed by atoms with Crippen molar-refractivity contribution in [3.05, 3.63) is 47.3 Å². The summed E-state index contributed by atoms with van der Waals surface area (Å²) < 4.78 is 1.79. The first kappa shape index (κ1) is 13.3. The molecule has 0 unspecified atom stereocenters. The average Bonchev–Trinajstić information content (AvgIpc) is 2.79. The van der Waals surface area contributed by atoms with E-state index in [-0.39, 0.29) is 5.91 Å². The standard InChI is InChI=1S/C15H19N3O/c1-4-9-16-15(19)14-10-17-18(12(14)3)13-7-5-11(2)6-8-13/h5-8,10H,4,9H2,1-3H3,(H,16,19). The minimum atomic E-state index is -0.0577. The van der Waals surface area contributed by atoms with Crippen molar-refractivity contribution in [2.75, 3.05) is 6.54 Å². The van der Waals surface area contributed by atoms with E-state index in [4.69, 9.17) is 0 Å². The molecule has 1 aromatic heterocycles. The van der Waals surface area contributed by atoms with E-state index in [0.29, 0.717) is 12.1 Å². The van der Waals surface area contributed by atoms with Gasteiger partial charge in [-0.1, -0.05) is 24.6 Å². The molecule has 0 fully saturated rings. The minimum absolute atomic E-state index is 0.0577. The van der Waals surface area contributed by atoms with Gasteiger partial charge in [0.05, 0.1) is 23.1 Å². The Morgan fingerprint density at radius 1 is 1.26 bits per heavy atom. The van der Waals surface area contributed by atoms with Gasteiger partial charge in [0, 0.05) is 6.54 Å². The van der Waals surface area contributed by atoms with E-state index in [9.17, 15) is 4.79 Å². The molecular weight excluding hydrogens is 238 g/mol. The Bertz CT molecular complexity index is 570. The second-order valence-electron chi connectivity index (χ2n) is 4.65. The van der Waals surface area contributed by atoms with Gasteiger partial charge in [0.15, 0.2) is 0 Å². The predicted octanol–water partition coefficient (Wildman–Crippen LogP) is 2.63. The van der Waals surface area contributed by atoms with Crippen LogP contribution in [-0.4, -0.2) is 22.2 Å². The van der Waals surface area contributed by atoms with Gasteiger partial charge in [-0.2, -0.15) is 5.10 Å². The normalized spacial score (nSPS) is 10.5. The van der Waals surface area contributed by atoms with Crippen LogP contribution in [0, 0.1) is 13.8 Å². The van der Waals surface area contributed by atoms with Crippen molar-refractivity contribution in [3.8, 4) is 5.69 Å². The molecule has 1 N–H and O–H groups in total. The van der Waals surface area contributed by atoms with Gasteiger partial charge in [0.1, 0.15) is 0 Å². The number of aryl methyl sites for hydroxylation is 1. The molecule has 19 heavy (non-hydrogen) atoms. The zero-order chi connectivity index (χ0) is 13.8. The largest absolute Gasteiger partial charge is 0.352 e. The summed E-state index contributed by atoms with van der Waals surface area (Å²) in [6, 6.07) is 8.08. The summed E-state index contributed by atoms with van der Waals surface area (Å²) in [5.74, 6) is -0.0577. The molecule has 0 aliphatic rings. The molecular formula is C15H19N3O. The lowest BCUT2D eigenvalue weighted by atomic mass is 10.2. The lowest BCUT2D eigenvalue weighted by Gasteiger charge is -2.06. The number of aromatic nitrogens is 2. The number of benzene rings is 1. The second kappa shape index (κ2) is 5.69. The fraction of sp³-hybridized carbons (Fsp3) is 0.333. The van der Waals surface area contributed by atoms with E-state index < -0.39 is 0 Å². The molecule has 4 heteroatoms. The Hall–Kier alpha value is -2.10. The van der Waals surface area contributed by atoms with Crippen LogP contribution in [0.3, 0.4) is 0 Å². The summed E-state index contributed by atoms with van der Waals surface area (Å²) in [7, 11) is 0. The first-order chi connectivity index (χ1) is 9.13. The SMILES string of the molecule is CCCNC(=O)c1cnn(-c2ccc(C)cc2)c1C. The number of hydrogen-bond donors (Lipinski definition) is 1. The lowest BCUT2D eigenvalue weighted by molar-refractivity contribution is 0.0953. The lowest BCUT2D eigenvalue weighted by Crippen LogP contribution is -2.24. The maximum atomic E-state index is 12.0. The van der Waals surface area contributed by atoms with E-state index >= 15 is 0 Å². The van der Waals surface area contributed by atoms with Gasteiger partial charge < -0.3 is 5.32 Å². The maximum Gasteiger partial charge on any atom is 0.254 e. The Balaban J connectivity index is 2.27. The van der Waals surface area contributed by atoms with Crippen LogP contribution in [0.4, 0.5) is 0 Å². The summed E-state index contributed by atoms with van der Waals surface area (Å²) in [5.41, 5.74) is 3.67. The van der Waals surface area contributed by atoms with Crippen LogP contribution in [0.2, 0.25) is 0 Å². The molecule has 1 heterocycles. The van der Waals surface area contributed by atoms with Crippen LogP contribution < -0.4 is 5.32 Å². The van der Waals surface area contributed by atoms with Crippen molar-refractivity contribution in [1.82, 2.24) is 15.1 Å². The summed E-state index contributed by atoms with van der Waals surface area (Å²) in [6.45, 7) is 6.67. The second-order valence-corrected chi connectivity index (χ2v) is 4.65. The zero-order valence-electron chi connectivity index (χ0n) is 11.6. The smallest absolute Gasteiger partial charge is 0.254 e.